The van der Waals surface area contributed by atoms with Gasteiger partial charge >= 0.3 is 6.09 Å². The number of nitrogens with one attached hydrogen (secondary N) is 1. The highest BCUT2D eigenvalue weighted by Crippen LogP contribution is 2.40. The maximum atomic E-state index is 13.4. The summed E-state index contributed by atoms with van der Waals surface area (Å²) in [6, 6.07) is 19.2. The predicted octanol–water partition coefficient (Wildman–Crippen LogP) is 3.21. The van der Waals surface area contributed by atoms with E-state index in [0.29, 0.717) is 13.2 Å². The van der Waals surface area contributed by atoms with Crippen LogP contribution in [-0.4, -0.2) is 60.5 Å². The van der Waals surface area contributed by atoms with Crippen molar-refractivity contribution >= 4 is 17.7 Å². The first kappa shape index (κ1) is 24.0. The molecule has 2 amide bonds. The molecule has 0 radical (unpaired) electrons. The number of ether oxygens (including phenoxy) is 2. The first-order valence-electron chi connectivity index (χ1n) is 11.2. The molecule has 9 heteroatoms. The van der Waals surface area contributed by atoms with Gasteiger partial charge in [0.2, 0.25) is 5.43 Å². The lowest BCUT2D eigenvalue weighted by Crippen LogP contribution is -2.47. The topological polar surface area (TPSA) is 110 Å². The zero-order chi connectivity index (χ0) is 24.9. The van der Waals surface area contributed by atoms with Crippen LogP contribution in [0.2, 0.25) is 0 Å². The van der Waals surface area contributed by atoms with Gasteiger partial charge in [-0.25, -0.2) is 4.79 Å². The molecule has 4 rings (SSSR count). The number of methoxy groups -OCH3 is 2. The SMILES string of the molecule is COCCN1C[C@H](C(c2ccccc2)c2ccccc2)n2cc(NC(=O)OC)c(=O)c(O)c2C1=O. The summed E-state index contributed by atoms with van der Waals surface area (Å²) in [5, 5.41) is 13.2. The molecule has 1 aromatic heterocycles. The number of nitrogens with zero attached hydrogens (tertiary/aromatic N) is 2. The number of aromatic hydroxyl groups is 1. The van der Waals surface area contributed by atoms with Gasteiger partial charge in [0.25, 0.3) is 5.91 Å². The van der Waals surface area contributed by atoms with Crippen molar-refractivity contribution in [3.63, 3.8) is 0 Å². The number of carbonyl (C=O) groups is 2. The van der Waals surface area contributed by atoms with Crippen molar-refractivity contribution < 1.29 is 24.2 Å². The van der Waals surface area contributed by atoms with Gasteiger partial charge in [0, 0.05) is 32.3 Å². The maximum Gasteiger partial charge on any atom is 0.411 e. The Morgan fingerprint density at radius 1 is 1.06 bits per heavy atom. The van der Waals surface area contributed by atoms with Gasteiger partial charge in [-0.05, 0) is 11.1 Å². The van der Waals surface area contributed by atoms with Crippen LogP contribution in [-0.2, 0) is 9.47 Å². The lowest BCUT2D eigenvalue weighted by Gasteiger charge is -2.40. The fraction of sp³-hybridized carbons (Fsp3) is 0.269. The molecular weight excluding hydrogens is 450 g/mol. The Morgan fingerprint density at radius 3 is 2.20 bits per heavy atom. The number of aromatic nitrogens is 1. The number of anilines is 1. The first-order chi connectivity index (χ1) is 17.0. The van der Waals surface area contributed by atoms with Crippen molar-refractivity contribution in [3.05, 3.63) is 93.9 Å². The minimum atomic E-state index is -0.863. The third kappa shape index (κ3) is 4.76. The molecule has 0 spiro atoms. The molecule has 2 heterocycles. The van der Waals surface area contributed by atoms with Crippen LogP contribution in [0.3, 0.4) is 0 Å². The standard InChI is InChI=1S/C26H27N3O6/c1-34-14-13-28-16-20(21(17-9-5-3-6-10-17)18-11-7-4-8-12-18)29-15-19(27-26(33)35-2)23(30)24(31)22(29)25(28)32/h3-12,15,20-21,31H,13-14,16H2,1-2H3,(H,27,33)/t20-/m1/s1. The highest BCUT2D eigenvalue weighted by Gasteiger charge is 2.39. The summed E-state index contributed by atoms with van der Waals surface area (Å²) in [5.74, 6) is -1.45. The van der Waals surface area contributed by atoms with Gasteiger partial charge in [-0.1, -0.05) is 60.7 Å². The Balaban J connectivity index is 1.94. The monoisotopic (exact) mass is 477 g/mol. The van der Waals surface area contributed by atoms with Crippen LogP contribution in [0, 0.1) is 0 Å². The van der Waals surface area contributed by atoms with Gasteiger partial charge < -0.3 is 24.0 Å². The number of amides is 2. The fourth-order valence-corrected chi connectivity index (χ4v) is 4.51. The zero-order valence-corrected chi connectivity index (χ0v) is 19.5. The van der Waals surface area contributed by atoms with Crippen LogP contribution in [0.1, 0.15) is 33.6 Å². The van der Waals surface area contributed by atoms with E-state index in [4.69, 9.17) is 4.74 Å². The smallest absolute Gasteiger partial charge is 0.411 e. The molecule has 1 aliphatic heterocycles. The summed E-state index contributed by atoms with van der Waals surface area (Å²) in [7, 11) is 2.72. The minimum absolute atomic E-state index is 0.130. The second kappa shape index (κ2) is 10.4. The van der Waals surface area contributed by atoms with Crippen molar-refractivity contribution in [3.8, 4) is 5.75 Å². The molecule has 0 bridgehead atoms. The number of pyridine rings is 1. The molecule has 0 aliphatic carbocycles. The van der Waals surface area contributed by atoms with Gasteiger partial charge in [0.1, 0.15) is 5.69 Å². The molecule has 2 aromatic carbocycles. The Kier molecular flexibility index (Phi) is 7.17. The molecule has 182 valence electrons. The van der Waals surface area contributed by atoms with E-state index in [1.807, 2.05) is 60.7 Å². The number of hydrogen-bond acceptors (Lipinski definition) is 6. The van der Waals surface area contributed by atoms with Gasteiger partial charge in [-0.2, -0.15) is 0 Å². The van der Waals surface area contributed by atoms with E-state index in [2.05, 4.69) is 10.1 Å². The van der Waals surface area contributed by atoms with Crippen molar-refractivity contribution in [2.75, 3.05) is 39.2 Å². The Morgan fingerprint density at radius 2 is 1.66 bits per heavy atom. The summed E-state index contributed by atoms with van der Waals surface area (Å²) in [4.78, 5) is 39.6. The molecule has 1 aliphatic rings. The predicted molar refractivity (Wildman–Crippen MR) is 130 cm³/mol. The van der Waals surface area contributed by atoms with Gasteiger partial charge in [-0.15, -0.1) is 0 Å². The van der Waals surface area contributed by atoms with E-state index in [1.54, 1.807) is 16.6 Å². The Labute approximate surface area is 202 Å². The van der Waals surface area contributed by atoms with Crippen molar-refractivity contribution in [1.29, 1.82) is 0 Å². The summed E-state index contributed by atoms with van der Waals surface area (Å²) in [6.07, 6.45) is 0.550. The normalized spacial score (nSPS) is 15.1. The van der Waals surface area contributed by atoms with Gasteiger partial charge in [-0.3, -0.25) is 14.9 Å². The number of carbonyl (C=O) groups excluding carboxylic acids is 2. The number of fused-ring (bicyclic) bond motifs is 1. The molecule has 9 nitrogen and oxygen atoms in total. The van der Waals surface area contributed by atoms with E-state index < -0.39 is 29.2 Å². The molecule has 3 aromatic rings. The summed E-state index contributed by atoms with van der Waals surface area (Å²) in [5.41, 5.74) is 0.821. The molecule has 0 unspecified atom stereocenters. The molecule has 35 heavy (non-hydrogen) atoms. The number of hydrogen-bond donors (Lipinski definition) is 2. The largest absolute Gasteiger partial charge is 0.502 e. The van der Waals surface area contributed by atoms with Crippen LogP contribution in [0.15, 0.2) is 71.7 Å². The average molecular weight is 478 g/mol. The van der Waals surface area contributed by atoms with Crippen LogP contribution >= 0.6 is 0 Å². The molecule has 0 fully saturated rings. The third-order valence-electron chi connectivity index (χ3n) is 6.15. The van der Waals surface area contributed by atoms with E-state index >= 15 is 0 Å². The highest BCUT2D eigenvalue weighted by atomic mass is 16.5. The van der Waals surface area contributed by atoms with Gasteiger partial charge in [0.05, 0.1) is 19.8 Å². The number of benzene rings is 2. The van der Waals surface area contributed by atoms with Crippen molar-refractivity contribution in [2.24, 2.45) is 0 Å². The van der Waals surface area contributed by atoms with Crippen LogP contribution in [0.25, 0.3) is 0 Å². The highest BCUT2D eigenvalue weighted by molar-refractivity contribution is 5.97. The molecule has 0 saturated carbocycles. The van der Waals surface area contributed by atoms with Crippen LogP contribution in [0.5, 0.6) is 5.75 Å². The zero-order valence-electron chi connectivity index (χ0n) is 19.5. The summed E-state index contributed by atoms with van der Waals surface area (Å²) < 4.78 is 11.4. The average Bonchev–Trinajstić information content (AvgIpc) is 2.88. The maximum absolute atomic E-state index is 13.4. The van der Waals surface area contributed by atoms with Crippen LogP contribution < -0.4 is 10.7 Å². The van der Waals surface area contributed by atoms with Crippen molar-refractivity contribution in [2.45, 2.75) is 12.0 Å². The molecule has 0 saturated heterocycles. The lowest BCUT2D eigenvalue weighted by molar-refractivity contribution is 0.0583. The Bertz CT molecular complexity index is 1220. The Hall–Kier alpha value is -4.11. The first-order valence-corrected chi connectivity index (χ1v) is 11.2. The third-order valence-corrected chi connectivity index (χ3v) is 6.15. The second-order valence-electron chi connectivity index (χ2n) is 8.20. The van der Waals surface area contributed by atoms with Crippen LogP contribution in [0.4, 0.5) is 10.5 Å². The van der Waals surface area contributed by atoms with E-state index in [1.165, 1.54) is 13.3 Å². The number of rotatable bonds is 7. The summed E-state index contributed by atoms with van der Waals surface area (Å²) in [6.45, 7) is 0.883. The van der Waals surface area contributed by atoms with E-state index in [0.717, 1.165) is 11.1 Å². The fourth-order valence-electron chi connectivity index (χ4n) is 4.51. The lowest BCUT2D eigenvalue weighted by atomic mass is 9.83. The van der Waals surface area contributed by atoms with Gasteiger partial charge in [0.15, 0.2) is 11.4 Å². The van der Waals surface area contributed by atoms with E-state index in [9.17, 15) is 19.5 Å². The molecular formula is C26H27N3O6. The molecule has 1 atom stereocenters. The second-order valence-corrected chi connectivity index (χ2v) is 8.20. The quantitative estimate of drug-likeness (QED) is 0.541. The van der Waals surface area contributed by atoms with E-state index in [-0.39, 0.29) is 23.8 Å². The van der Waals surface area contributed by atoms with Crippen molar-refractivity contribution in [1.82, 2.24) is 9.47 Å². The summed E-state index contributed by atoms with van der Waals surface area (Å²) >= 11 is 0. The molecule has 2 N–H and O–H groups in total. The minimum Gasteiger partial charge on any atom is -0.502 e.